The van der Waals surface area contributed by atoms with E-state index in [4.69, 9.17) is 18.9 Å². The van der Waals surface area contributed by atoms with Gasteiger partial charge in [0.15, 0.2) is 23.0 Å². The third kappa shape index (κ3) is 1.83. The van der Waals surface area contributed by atoms with Crippen LogP contribution in [0.25, 0.3) is 0 Å². The van der Waals surface area contributed by atoms with E-state index in [1.807, 2.05) is 12.1 Å². The molecule has 6 nitrogen and oxygen atoms in total. The second kappa shape index (κ2) is 5.05. The van der Waals surface area contributed by atoms with Gasteiger partial charge in [-0.05, 0) is 48.4 Å². The van der Waals surface area contributed by atoms with Gasteiger partial charge in [0.25, 0.3) is 0 Å². The molecule has 2 aromatic carbocycles. The molecule has 3 aliphatic heterocycles. The fourth-order valence-electron chi connectivity index (χ4n) is 4.97. The molecular weight excluding hydrogens is 334 g/mol. The lowest BCUT2D eigenvalue weighted by Crippen LogP contribution is -2.43. The van der Waals surface area contributed by atoms with E-state index < -0.39 is 6.10 Å². The molecule has 0 aromatic heterocycles. The van der Waals surface area contributed by atoms with Crippen LogP contribution in [0.3, 0.4) is 0 Å². The van der Waals surface area contributed by atoms with E-state index in [0.717, 1.165) is 46.2 Å². The van der Waals surface area contributed by atoms with Crippen LogP contribution in [0.5, 0.6) is 23.0 Å². The molecule has 6 rings (SSSR count). The molecule has 0 bridgehead atoms. The van der Waals surface area contributed by atoms with Gasteiger partial charge < -0.3 is 24.1 Å². The number of aliphatic hydroxyl groups is 1. The summed E-state index contributed by atoms with van der Waals surface area (Å²) in [5.74, 6) is 3.19. The van der Waals surface area contributed by atoms with Crippen LogP contribution in [0.4, 0.5) is 0 Å². The largest absolute Gasteiger partial charge is 0.454 e. The average molecular weight is 353 g/mol. The summed E-state index contributed by atoms with van der Waals surface area (Å²) in [6.07, 6.45) is 0.143. The molecule has 3 heterocycles. The molecule has 1 unspecified atom stereocenters. The molecule has 134 valence electrons. The maximum absolute atomic E-state index is 11.0. The predicted octanol–water partition coefficient (Wildman–Crippen LogP) is 2.33. The van der Waals surface area contributed by atoms with Crippen LogP contribution in [-0.4, -0.2) is 36.7 Å². The van der Waals surface area contributed by atoms with Crippen molar-refractivity contribution in [2.45, 2.75) is 31.0 Å². The molecule has 0 spiro atoms. The molecule has 0 fully saturated rings. The number of benzene rings is 2. The molecule has 1 N–H and O–H groups in total. The molecule has 0 saturated heterocycles. The van der Waals surface area contributed by atoms with Gasteiger partial charge in [-0.2, -0.15) is 0 Å². The second-order valence-electron chi connectivity index (χ2n) is 7.43. The Morgan fingerprint density at radius 3 is 2.62 bits per heavy atom. The number of likely N-dealkylation sites (N-methyl/N-ethyl adjacent to an activating group) is 1. The van der Waals surface area contributed by atoms with Crippen LogP contribution >= 0.6 is 0 Å². The van der Waals surface area contributed by atoms with Gasteiger partial charge in [0.1, 0.15) is 0 Å². The summed E-state index contributed by atoms with van der Waals surface area (Å²) in [7, 11) is 2.10. The number of fused-ring (bicyclic) bond motifs is 8. The van der Waals surface area contributed by atoms with Crippen LogP contribution in [0, 0.1) is 0 Å². The van der Waals surface area contributed by atoms with E-state index in [1.165, 1.54) is 5.56 Å². The van der Waals surface area contributed by atoms with E-state index in [9.17, 15) is 5.11 Å². The fraction of sp³-hybridized carbons (Fsp3) is 0.400. The van der Waals surface area contributed by atoms with E-state index in [-0.39, 0.29) is 25.5 Å². The summed E-state index contributed by atoms with van der Waals surface area (Å²) >= 11 is 0. The Bertz CT molecular complexity index is 925. The van der Waals surface area contributed by atoms with Gasteiger partial charge in [0, 0.05) is 24.1 Å². The van der Waals surface area contributed by atoms with Crippen LogP contribution in [0.1, 0.15) is 34.2 Å². The minimum absolute atomic E-state index is 0.00822. The summed E-state index contributed by atoms with van der Waals surface area (Å²) < 4.78 is 22.4. The SMILES string of the molecule is CN1Cc2c(ccc3c2OCO3)[C@@H]2C1c1cc3c(cc1C[C@@H]2O)OCO3. The number of hydrogen-bond acceptors (Lipinski definition) is 6. The molecule has 6 heteroatoms. The maximum atomic E-state index is 11.0. The number of hydrogen-bond donors (Lipinski definition) is 1. The summed E-state index contributed by atoms with van der Waals surface area (Å²) in [5, 5.41) is 11.0. The Balaban J connectivity index is 1.53. The number of ether oxygens (including phenoxy) is 4. The summed E-state index contributed by atoms with van der Waals surface area (Å²) in [4.78, 5) is 2.29. The van der Waals surface area contributed by atoms with Crippen LogP contribution in [0.2, 0.25) is 0 Å². The zero-order chi connectivity index (χ0) is 17.4. The maximum Gasteiger partial charge on any atom is 0.231 e. The highest BCUT2D eigenvalue weighted by Crippen LogP contribution is 2.54. The Morgan fingerprint density at radius 2 is 1.73 bits per heavy atom. The number of rotatable bonds is 0. The van der Waals surface area contributed by atoms with E-state index >= 15 is 0 Å². The summed E-state index contributed by atoms with van der Waals surface area (Å²) in [6, 6.07) is 8.27. The topological polar surface area (TPSA) is 60.4 Å². The van der Waals surface area contributed by atoms with Crippen molar-refractivity contribution in [2.24, 2.45) is 0 Å². The minimum Gasteiger partial charge on any atom is -0.454 e. The first-order valence-electron chi connectivity index (χ1n) is 8.93. The highest BCUT2D eigenvalue weighted by atomic mass is 16.7. The van der Waals surface area contributed by atoms with Gasteiger partial charge in [0.05, 0.1) is 6.10 Å². The van der Waals surface area contributed by atoms with Gasteiger partial charge in [0.2, 0.25) is 13.6 Å². The van der Waals surface area contributed by atoms with Gasteiger partial charge in [-0.1, -0.05) is 6.07 Å². The fourth-order valence-corrected chi connectivity index (χ4v) is 4.97. The normalized spacial score (nSPS) is 27.7. The highest BCUT2D eigenvalue weighted by molar-refractivity contribution is 5.58. The van der Waals surface area contributed by atoms with Crippen LogP contribution in [-0.2, 0) is 13.0 Å². The van der Waals surface area contributed by atoms with Crippen LogP contribution in [0.15, 0.2) is 24.3 Å². The molecule has 3 atom stereocenters. The minimum atomic E-state index is -0.463. The Hall–Kier alpha value is -2.44. The molecule has 26 heavy (non-hydrogen) atoms. The first-order chi connectivity index (χ1) is 12.7. The van der Waals surface area contributed by atoms with Crippen molar-refractivity contribution < 1.29 is 24.1 Å². The van der Waals surface area contributed by atoms with E-state index in [0.29, 0.717) is 6.42 Å². The molecule has 0 amide bonds. The molecule has 2 aromatic rings. The predicted molar refractivity (Wildman–Crippen MR) is 91.8 cm³/mol. The number of aliphatic hydroxyl groups excluding tert-OH is 1. The third-order valence-electron chi connectivity index (χ3n) is 6.06. The second-order valence-corrected chi connectivity index (χ2v) is 7.43. The molecule has 1 aliphatic carbocycles. The third-order valence-corrected chi connectivity index (χ3v) is 6.06. The summed E-state index contributed by atoms with van der Waals surface area (Å²) in [5.41, 5.74) is 4.65. The van der Waals surface area contributed by atoms with Crippen molar-refractivity contribution in [1.29, 1.82) is 0 Å². The van der Waals surface area contributed by atoms with E-state index in [2.05, 4.69) is 24.1 Å². The zero-order valence-electron chi connectivity index (χ0n) is 14.4. The van der Waals surface area contributed by atoms with Crippen molar-refractivity contribution in [3.05, 3.63) is 46.5 Å². The van der Waals surface area contributed by atoms with Crippen molar-refractivity contribution >= 4 is 0 Å². The Kier molecular flexibility index (Phi) is 2.86. The summed E-state index contributed by atoms with van der Waals surface area (Å²) in [6.45, 7) is 1.28. The van der Waals surface area contributed by atoms with Crippen LogP contribution < -0.4 is 18.9 Å². The quantitative estimate of drug-likeness (QED) is 0.784. The lowest BCUT2D eigenvalue weighted by atomic mass is 9.70. The van der Waals surface area contributed by atoms with Crippen molar-refractivity contribution in [3.63, 3.8) is 0 Å². The monoisotopic (exact) mass is 353 g/mol. The Labute approximate surface area is 150 Å². The van der Waals surface area contributed by atoms with Gasteiger partial charge in [-0.3, -0.25) is 4.90 Å². The van der Waals surface area contributed by atoms with Gasteiger partial charge in [-0.25, -0.2) is 0 Å². The highest BCUT2D eigenvalue weighted by Gasteiger charge is 2.45. The first-order valence-corrected chi connectivity index (χ1v) is 8.93. The van der Waals surface area contributed by atoms with E-state index in [1.54, 1.807) is 0 Å². The average Bonchev–Trinajstić information content (AvgIpc) is 3.28. The lowest BCUT2D eigenvalue weighted by Gasteiger charge is -2.46. The van der Waals surface area contributed by atoms with Crippen molar-refractivity contribution in [2.75, 3.05) is 20.6 Å². The van der Waals surface area contributed by atoms with Crippen molar-refractivity contribution in [3.8, 4) is 23.0 Å². The van der Waals surface area contributed by atoms with Gasteiger partial charge in [-0.15, -0.1) is 0 Å². The molecule has 4 aliphatic rings. The molecule has 0 saturated carbocycles. The standard InChI is InChI=1S/C20H19NO5/c1-21-7-13-11(2-3-15-20(13)26-9-23-15)18-14(22)4-10-5-16-17(25-8-24-16)6-12(10)19(18)21/h2-3,5-6,14,18-19,22H,4,7-9H2,1H3/t14-,18-,19?/m0/s1. The Morgan fingerprint density at radius 1 is 0.962 bits per heavy atom. The number of nitrogens with zero attached hydrogens (tertiary/aromatic N) is 1. The first kappa shape index (κ1) is 14.7. The molecule has 0 radical (unpaired) electrons. The smallest absolute Gasteiger partial charge is 0.231 e. The lowest BCUT2D eigenvalue weighted by molar-refractivity contribution is 0.0591. The molecular formula is C20H19NO5. The van der Waals surface area contributed by atoms with Crippen molar-refractivity contribution in [1.82, 2.24) is 4.90 Å². The zero-order valence-corrected chi connectivity index (χ0v) is 14.4. The van der Waals surface area contributed by atoms with Gasteiger partial charge >= 0.3 is 0 Å².